The lowest BCUT2D eigenvalue weighted by molar-refractivity contribution is -0.147. The van der Waals surface area contributed by atoms with Crippen LogP contribution in [0.15, 0.2) is 18.3 Å². The van der Waals surface area contributed by atoms with Crippen LogP contribution in [0.25, 0.3) is 0 Å². The van der Waals surface area contributed by atoms with Crippen molar-refractivity contribution in [3.05, 3.63) is 23.9 Å². The number of amides is 1. The zero-order valence-corrected chi connectivity index (χ0v) is 13.6. The summed E-state index contributed by atoms with van der Waals surface area (Å²) in [6.45, 7) is 3.35. The monoisotopic (exact) mass is 328 g/mol. The highest BCUT2D eigenvalue weighted by Crippen LogP contribution is 2.44. The molecule has 1 N–H and O–H groups in total. The molecule has 1 aromatic rings. The van der Waals surface area contributed by atoms with E-state index in [9.17, 15) is 20.0 Å². The molecule has 126 valence electrons. The van der Waals surface area contributed by atoms with Crippen molar-refractivity contribution < 1.29 is 14.7 Å². The standard InChI is InChI=1S/C17H20N4O3/c1-12(22)21-11-17(9-14(21)16(23)24)4-7-20(8-5-17)15-13(10-18)3-2-6-19-15/h2-3,6,14H,4-5,7-9,11H2,1H3,(H,23,24). The number of rotatable bonds is 2. The van der Waals surface area contributed by atoms with Gasteiger partial charge in [-0.1, -0.05) is 0 Å². The summed E-state index contributed by atoms with van der Waals surface area (Å²) in [6, 6.07) is 4.93. The molecule has 3 rings (SSSR count). The predicted octanol–water partition coefficient (Wildman–Crippen LogP) is 1.25. The molecule has 1 aromatic heterocycles. The quantitative estimate of drug-likeness (QED) is 0.877. The Morgan fingerprint density at radius 1 is 1.42 bits per heavy atom. The van der Waals surface area contributed by atoms with Crippen molar-refractivity contribution in [2.24, 2.45) is 5.41 Å². The molecular weight excluding hydrogens is 308 g/mol. The molecule has 7 nitrogen and oxygen atoms in total. The summed E-state index contributed by atoms with van der Waals surface area (Å²) in [5.41, 5.74) is 0.404. The molecule has 24 heavy (non-hydrogen) atoms. The molecule has 2 fully saturated rings. The summed E-state index contributed by atoms with van der Waals surface area (Å²) in [7, 11) is 0. The lowest BCUT2D eigenvalue weighted by Crippen LogP contribution is -2.43. The highest BCUT2D eigenvalue weighted by molar-refractivity contribution is 5.83. The third-order valence-electron chi connectivity index (χ3n) is 5.23. The van der Waals surface area contributed by atoms with Crippen LogP contribution in [0.1, 0.15) is 31.7 Å². The van der Waals surface area contributed by atoms with E-state index in [0.29, 0.717) is 37.4 Å². The van der Waals surface area contributed by atoms with Crippen LogP contribution in [0.4, 0.5) is 5.82 Å². The number of nitriles is 1. The summed E-state index contributed by atoms with van der Waals surface area (Å²) in [5.74, 6) is -0.426. The minimum Gasteiger partial charge on any atom is -0.480 e. The molecule has 3 heterocycles. The van der Waals surface area contributed by atoms with E-state index in [1.165, 1.54) is 11.8 Å². The van der Waals surface area contributed by atoms with Gasteiger partial charge in [0.1, 0.15) is 17.9 Å². The highest BCUT2D eigenvalue weighted by Gasteiger charge is 2.49. The number of piperidine rings is 1. The number of hydrogen-bond acceptors (Lipinski definition) is 5. The van der Waals surface area contributed by atoms with Crippen molar-refractivity contribution in [1.82, 2.24) is 9.88 Å². The number of aromatic nitrogens is 1. The van der Waals surface area contributed by atoms with Gasteiger partial charge in [0, 0.05) is 32.8 Å². The first kappa shape index (κ1) is 16.2. The normalized spacial score (nSPS) is 22.4. The molecule has 2 saturated heterocycles. The second-order valence-corrected chi connectivity index (χ2v) is 6.68. The second kappa shape index (κ2) is 6.11. The summed E-state index contributed by atoms with van der Waals surface area (Å²) in [6.07, 6.45) is 3.77. The Kier molecular flexibility index (Phi) is 4.14. The molecule has 1 unspecified atom stereocenters. The zero-order valence-electron chi connectivity index (χ0n) is 13.6. The Labute approximate surface area is 140 Å². The number of carbonyl (C=O) groups excluding carboxylic acids is 1. The van der Waals surface area contributed by atoms with Crippen LogP contribution in [0.3, 0.4) is 0 Å². The molecule has 0 aromatic carbocycles. The van der Waals surface area contributed by atoms with E-state index >= 15 is 0 Å². The van der Waals surface area contributed by atoms with Gasteiger partial charge >= 0.3 is 5.97 Å². The number of pyridine rings is 1. The second-order valence-electron chi connectivity index (χ2n) is 6.68. The van der Waals surface area contributed by atoms with Crippen molar-refractivity contribution in [1.29, 1.82) is 5.26 Å². The van der Waals surface area contributed by atoms with Crippen LogP contribution in [-0.2, 0) is 9.59 Å². The fourth-order valence-electron chi connectivity index (χ4n) is 3.90. The van der Waals surface area contributed by atoms with Crippen LogP contribution in [0.5, 0.6) is 0 Å². The van der Waals surface area contributed by atoms with Crippen molar-refractivity contribution in [3.8, 4) is 6.07 Å². The van der Waals surface area contributed by atoms with Crippen LogP contribution >= 0.6 is 0 Å². The summed E-state index contributed by atoms with van der Waals surface area (Å²) in [5, 5.41) is 18.6. The number of carbonyl (C=O) groups is 2. The van der Waals surface area contributed by atoms with Gasteiger partial charge in [0.25, 0.3) is 0 Å². The fraction of sp³-hybridized carbons (Fsp3) is 0.529. The van der Waals surface area contributed by atoms with Gasteiger partial charge in [0.15, 0.2) is 0 Å². The van der Waals surface area contributed by atoms with Crippen molar-refractivity contribution in [2.45, 2.75) is 32.2 Å². The van der Waals surface area contributed by atoms with E-state index in [-0.39, 0.29) is 11.3 Å². The van der Waals surface area contributed by atoms with Crippen LogP contribution in [-0.4, -0.2) is 52.5 Å². The number of likely N-dealkylation sites (tertiary alicyclic amines) is 1. The lowest BCUT2D eigenvalue weighted by Gasteiger charge is -2.39. The molecule has 2 aliphatic heterocycles. The van der Waals surface area contributed by atoms with E-state index in [1.54, 1.807) is 18.3 Å². The first-order valence-electron chi connectivity index (χ1n) is 8.06. The van der Waals surface area contributed by atoms with E-state index < -0.39 is 12.0 Å². The van der Waals surface area contributed by atoms with Gasteiger partial charge in [-0.05, 0) is 36.8 Å². The van der Waals surface area contributed by atoms with Crippen LogP contribution in [0.2, 0.25) is 0 Å². The fourth-order valence-corrected chi connectivity index (χ4v) is 3.90. The summed E-state index contributed by atoms with van der Waals surface area (Å²) < 4.78 is 0. The van der Waals surface area contributed by atoms with Crippen LogP contribution in [0, 0.1) is 16.7 Å². The smallest absolute Gasteiger partial charge is 0.326 e. The van der Waals surface area contributed by atoms with E-state index in [4.69, 9.17) is 0 Å². The largest absolute Gasteiger partial charge is 0.480 e. The van der Waals surface area contributed by atoms with Gasteiger partial charge in [-0.2, -0.15) is 5.26 Å². The number of carboxylic acid groups (broad SMARTS) is 1. The van der Waals surface area contributed by atoms with Crippen molar-refractivity contribution in [2.75, 3.05) is 24.5 Å². The minimum absolute atomic E-state index is 0.146. The number of hydrogen-bond donors (Lipinski definition) is 1. The van der Waals surface area contributed by atoms with Gasteiger partial charge in [-0.15, -0.1) is 0 Å². The molecule has 7 heteroatoms. The number of carboxylic acids is 1. The van der Waals surface area contributed by atoms with Crippen molar-refractivity contribution >= 4 is 17.7 Å². The van der Waals surface area contributed by atoms with Crippen LogP contribution < -0.4 is 4.90 Å². The molecular formula is C17H20N4O3. The first-order valence-corrected chi connectivity index (χ1v) is 8.06. The Bertz CT molecular complexity index is 680. The maximum Gasteiger partial charge on any atom is 0.326 e. The Hall–Kier alpha value is -2.62. The maximum atomic E-state index is 11.8. The molecule has 0 bridgehead atoms. The number of nitrogens with zero attached hydrogens (tertiary/aromatic N) is 4. The number of aliphatic carboxylic acids is 1. The third kappa shape index (κ3) is 2.80. The SMILES string of the molecule is CC(=O)N1CC2(CCN(c3ncccc3C#N)CC2)CC1C(=O)O. The lowest BCUT2D eigenvalue weighted by atomic mass is 9.76. The molecule has 0 aliphatic carbocycles. The van der Waals surface area contributed by atoms with Gasteiger partial charge in [-0.3, -0.25) is 4.79 Å². The van der Waals surface area contributed by atoms with E-state index in [2.05, 4.69) is 16.0 Å². The van der Waals surface area contributed by atoms with Gasteiger partial charge in [-0.25, -0.2) is 9.78 Å². The summed E-state index contributed by atoms with van der Waals surface area (Å²) >= 11 is 0. The van der Waals surface area contributed by atoms with Gasteiger partial charge < -0.3 is 14.9 Å². The Morgan fingerprint density at radius 3 is 2.67 bits per heavy atom. The third-order valence-corrected chi connectivity index (χ3v) is 5.23. The Morgan fingerprint density at radius 2 is 2.12 bits per heavy atom. The average Bonchev–Trinajstić information content (AvgIpc) is 2.96. The molecule has 1 atom stereocenters. The predicted molar refractivity (Wildman–Crippen MR) is 86.3 cm³/mol. The topological polar surface area (TPSA) is 97.5 Å². The Balaban J connectivity index is 1.74. The number of anilines is 1. The highest BCUT2D eigenvalue weighted by atomic mass is 16.4. The van der Waals surface area contributed by atoms with E-state index in [0.717, 1.165) is 12.8 Å². The molecule has 0 radical (unpaired) electrons. The molecule has 2 aliphatic rings. The molecule has 1 spiro atoms. The summed E-state index contributed by atoms with van der Waals surface area (Å²) in [4.78, 5) is 31.1. The zero-order chi connectivity index (χ0) is 17.3. The minimum atomic E-state index is -0.930. The van der Waals surface area contributed by atoms with Gasteiger partial charge in [0.05, 0.1) is 5.56 Å². The average molecular weight is 328 g/mol. The van der Waals surface area contributed by atoms with Crippen molar-refractivity contribution in [3.63, 3.8) is 0 Å². The maximum absolute atomic E-state index is 11.8. The van der Waals surface area contributed by atoms with E-state index in [1.807, 2.05) is 0 Å². The molecule has 0 saturated carbocycles. The molecule has 1 amide bonds. The van der Waals surface area contributed by atoms with Gasteiger partial charge in [0.2, 0.25) is 5.91 Å². The first-order chi connectivity index (χ1) is 11.5.